The van der Waals surface area contributed by atoms with Crippen molar-refractivity contribution in [2.45, 2.75) is 6.18 Å². The van der Waals surface area contributed by atoms with Gasteiger partial charge in [0.15, 0.2) is 0 Å². The summed E-state index contributed by atoms with van der Waals surface area (Å²) < 4.78 is 40.0. The molecule has 10 heteroatoms. The van der Waals surface area contributed by atoms with Crippen LogP contribution in [0.15, 0.2) is 59.8 Å². The lowest BCUT2D eigenvalue weighted by atomic mass is 10.1. The molecule has 0 saturated carbocycles. The Labute approximate surface area is 167 Å². The van der Waals surface area contributed by atoms with Crippen molar-refractivity contribution >= 4 is 22.4 Å². The van der Waals surface area contributed by atoms with Gasteiger partial charge in [-0.3, -0.25) is 14.6 Å². The summed E-state index contributed by atoms with van der Waals surface area (Å²) in [5.74, 6) is -0.198. The van der Waals surface area contributed by atoms with Gasteiger partial charge in [-0.1, -0.05) is 12.1 Å². The van der Waals surface area contributed by atoms with Crippen molar-refractivity contribution in [3.05, 3.63) is 76.7 Å². The Morgan fingerprint density at radius 2 is 1.93 bits per heavy atom. The molecule has 0 spiro atoms. The van der Waals surface area contributed by atoms with E-state index in [1.807, 2.05) is 0 Å². The van der Waals surface area contributed by atoms with Crippen molar-refractivity contribution in [3.63, 3.8) is 0 Å². The monoisotopic (exact) mass is 413 g/mol. The second-order valence-corrected chi connectivity index (χ2v) is 6.48. The van der Waals surface area contributed by atoms with Crippen molar-refractivity contribution in [1.29, 1.82) is 0 Å². The Kier molecular flexibility index (Phi) is 4.61. The summed E-state index contributed by atoms with van der Waals surface area (Å²) in [6.07, 6.45) is -0.803. The Balaban J connectivity index is 1.69. The second-order valence-electron chi connectivity index (χ2n) is 6.48. The molecule has 2 N–H and O–H groups in total. The van der Waals surface area contributed by atoms with Gasteiger partial charge in [-0.25, -0.2) is 4.98 Å². The highest BCUT2D eigenvalue weighted by atomic mass is 19.4. The maximum atomic E-state index is 12.8. The van der Waals surface area contributed by atoms with Gasteiger partial charge in [0.05, 0.1) is 6.20 Å². The van der Waals surface area contributed by atoms with Crippen molar-refractivity contribution < 1.29 is 18.0 Å². The van der Waals surface area contributed by atoms with E-state index in [1.54, 1.807) is 31.3 Å². The van der Waals surface area contributed by atoms with Crippen LogP contribution in [0.1, 0.15) is 16.2 Å². The number of fused-ring (bicyclic) bond motifs is 1. The maximum absolute atomic E-state index is 12.8. The SMILES string of the molecule is Cn1c(C(=O)Nc2ccnc(C(F)(F)F)c2)cnc1-c1cccc2c(=O)[nH]ccc12. The molecule has 0 atom stereocenters. The van der Waals surface area contributed by atoms with Gasteiger partial charge in [0.25, 0.3) is 11.5 Å². The third-order valence-electron chi connectivity index (χ3n) is 4.59. The van der Waals surface area contributed by atoms with Crippen molar-refractivity contribution in [2.75, 3.05) is 5.32 Å². The van der Waals surface area contributed by atoms with E-state index in [9.17, 15) is 22.8 Å². The number of H-pyrrole nitrogens is 1. The highest BCUT2D eigenvalue weighted by Gasteiger charge is 2.32. The van der Waals surface area contributed by atoms with Gasteiger partial charge >= 0.3 is 6.18 Å². The van der Waals surface area contributed by atoms with E-state index < -0.39 is 17.8 Å². The normalized spacial score (nSPS) is 11.6. The van der Waals surface area contributed by atoms with Gasteiger partial charge in [0.1, 0.15) is 17.2 Å². The quantitative estimate of drug-likeness (QED) is 0.537. The van der Waals surface area contributed by atoms with Gasteiger partial charge in [-0.15, -0.1) is 0 Å². The minimum atomic E-state index is -4.62. The fourth-order valence-corrected chi connectivity index (χ4v) is 3.15. The summed E-state index contributed by atoms with van der Waals surface area (Å²) in [4.78, 5) is 34.8. The molecule has 0 fully saturated rings. The number of pyridine rings is 2. The van der Waals surface area contributed by atoms with Crippen LogP contribution in [-0.2, 0) is 13.2 Å². The van der Waals surface area contributed by atoms with Crippen LogP contribution >= 0.6 is 0 Å². The van der Waals surface area contributed by atoms with E-state index in [0.29, 0.717) is 22.2 Å². The fraction of sp³-hybridized carbons (Fsp3) is 0.100. The van der Waals surface area contributed by atoms with Crippen LogP contribution in [0.5, 0.6) is 0 Å². The highest BCUT2D eigenvalue weighted by Crippen LogP contribution is 2.29. The third kappa shape index (κ3) is 3.43. The molecule has 1 amide bonds. The van der Waals surface area contributed by atoms with Gasteiger partial charge in [-0.05, 0) is 29.7 Å². The molecule has 3 heterocycles. The van der Waals surface area contributed by atoms with E-state index >= 15 is 0 Å². The second kappa shape index (κ2) is 7.14. The summed E-state index contributed by atoms with van der Waals surface area (Å²) >= 11 is 0. The number of alkyl halides is 3. The van der Waals surface area contributed by atoms with E-state index in [-0.39, 0.29) is 16.9 Å². The van der Waals surface area contributed by atoms with Crippen molar-refractivity contribution in [2.24, 2.45) is 7.05 Å². The first-order valence-corrected chi connectivity index (χ1v) is 8.73. The number of halogens is 3. The minimum absolute atomic E-state index is 0.0400. The zero-order valence-electron chi connectivity index (χ0n) is 15.5. The number of aromatic amines is 1. The summed E-state index contributed by atoms with van der Waals surface area (Å²) in [5.41, 5.74) is -0.617. The summed E-state index contributed by atoms with van der Waals surface area (Å²) in [5, 5.41) is 3.56. The zero-order valence-corrected chi connectivity index (χ0v) is 15.5. The molecule has 4 aromatic rings. The molecule has 0 aliphatic rings. The number of imidazole rings is 1. The van der Waals surface area contributed by atoms with E-state index in [4.69, 9.17) is 0 Å². The third-order valence-corrected chi connectivity index (χ3v) is 4.59. The number of nitrogens with zero attached hydrogens (tertiary/aromatic N) is 3. The van der Waals surface area contributed by atoms with Gasteiger partial charge < -0.3 is 14.9 Å². The number of nitrogens with one attached hydrogen (secondary N) is 2. The largest absolute Gasteiger partial charge is 0.433 e. The van der Waals surface area contributed by atoms with Crippen LogP contribution in [-0.4, -0.2) is 25.4 Å². The van der Waals surface area contributed by atoms with Crippen molar-refractivity contribution in [3.8, 4) is 11.4 Å². The van der Waals surface area contributed by atoms with Crippen LogP contribution in [0.25, 0.3) is 22.2 Å². The molecular formula is C20H14F3N5O2. The molecule has 0 radical (unpaired) electrons. The highest BCUT2D eigenvalue weighted by molar-refractivity contribution is 6.04. The van der Waals surface area contributed by atoms with Gasteiger partial charge in [-0.2, -0.15) is 13.2 Å². The lowest BCUT2D eigenvalue weighted by Gasteiger charge is -2.10. The molecular weight excluding hydrogens is 399 g/mol. The fourth-order valence-electron chi connectivity index (χ4n) is 3.15. The Morgan fingerprint density at radius 1 is 1.13 bits per heavy atom. The lowest BCUT2D eigenvalue weighted by Crippen LogP contribution is -2.17. The molecule has 0 saturated heterocycles. The molecule has 1 aromatic carbocycles. The average Bonchev–Trinajstić information content (AvgIpc) is 3.09. The number of benzene rings is 1. The summed E-state index contributed by atoms with van der Waals surface area (Å²) in [6.45, 7) is 0. The molecule has 0 aliphatic carbocycles. The molecule has 4 rings (SSSR count). The first-order chi connectivity index (χ1) is 14.3. The van der Waals surface area contributed by atoms with Crippen LogP contribution in [0.2, 0.25) is 0 Å². The van der Waals surface area contributed by atoms with Crippen LogP contribution in [0.3, 0.4) is 0 Å². The van der Waals surface area contributed by atoms with E-state index in [2.05, 4.69) is 20.3 Å². The standard InChI is InChI=1S/C20H14F3N5O2/c1-28-15(19(30)27-11-5-7-24-16(9-11)20(21,22)23)10-26-17(28)13-3-2-4-14-12(13)6-8-25-18(14)29/h2-10H,1H3,(H,25,29)(H,24,27,30). The number of amides is 1. The van der Waals surface area contributed by atoms with Gasteiger partial charge in [0, 0.05) is 36.1 Å². The molecule has 0 bridgehead atoms. The molecule has 0 aliphatic heterocycles. The predicted octanol–water partition coefficient (Wildman–Crippen LogP) is 3.59. The minimum Gasteiger partial charge on any atom is -0.329 e. The van der Waals surface area contributed by atoms with Gasteiger partial charge in [0.2, 0.25) is 0 Å². The van der Waals surface area contributed by atoms with Crippen LogP contribution < -0.4 is 10.9 Å². The number of rotatable bonds is 3. The topological polar surface area (TPSA) is 92.7 Å². The number of carbonyl (C=O) groups is 1. The molecule has 30 heavy (non-hydrogen) atoms. The van der Waals surface area contributed by atoms with Crippen molar-refractivity contribution in [1.82, 2.24) is 19.5 Å². The zero-order chi connectivity index (χ0) is 21.5. The molecule has 3 aromatic heterocycles. The number of carbonyl (C=O) groups excluding carboxylic acids is 1. The first-order valence-electron chi connectivity index (χ1n) is 8.73. The predicted molar refractivity (Wildman–Crippen MR) is 104 cm³/mol. The molecule has 152 valence electrons. The molecule has 7 nitrogen and oxygen atoms in total. The average molecular weight is 413 g/mol. The Bertz CT molecular complexity index is 1320. The van der Waals surface area contributed by atoms with Crippen LogP contribution in [0, 0.1) is 0 Å². The maximum Gasteiger partial charge on any atom is 0.433 e. The Hall–Kier alpha value is -3.95. The number of hydrogen-bond acceptors (Lipinski definition) is 4. The number of hydrogen-bond donors (Lipinski definition) is 2. The van der Waals surface area contributed by atoms with Crippen LogP contribution in [0.4, 0.5) is 18.9 Å². The number of anilines is 1. The lowest BCUT2D eigenvalue weighted by molar-refractivity contribution is -0.141. The number of aromatic nitrogens is 4. The summed E-state index contributed by atoms with van der Waals surface area (Å²) in [7, 11) is 1.61. The van der Waals surface area contributed by atoms with E-state index in [0.717, 1.165) is 12.3 Å². The van der Waals surface area contributed by atoms with E-state index in [1.165, 1.54) is 23.0 Å². The molecule has 0 unspecified atom stereocenters. The smallest absolute Gasteiger partial charge is 0.329 e. The summed E-state index contributed by atoms with van der Waals surface area (Å²) in [6, 6.07) is 8.90. The first kappa shape index (κ1) is 19.4. The Morgan fingerprint density at radius 3 is 2.70 bits per heavy atom.